The van der Waals surface area contributed by atoms with E-state index in [4.69, 9.17) is 9.47 Å². The van der Waals surface area contributed by atoms with E-state index in [1.165, 1.54) is 24.0 Å². The first-order valence-electron chi connectivity index (χ1n) is 14.8. The molecule has 2 fully saturated rings. The Morgan fingerprint density at radius 2 is 1.24 bits per heavy atom. The van der Waals surface area contributed by atoms with Crippen molar-refractivity contribution in [2.75, 3.05) is 26.2 Å². The summed E-state index contributed by atoms with van der Waals surface area (Å²) < 4.78 is 12.1. The molecule has 4 aromatic carbocycles. The van der Waals surface area contributed by atoms with Crippen LogP contribution in [-0.2, 0) is 13.2 Å². The highest BCUT2D eigenvalue weighted by Crippen LogP contribution is 2.42. The molecular formula is C36H38N2O3. The highest BCUT2D eigenvalue weighted by atomic mass is 16.5. The van der Waals surface area contributed by atoms with Crippen LogP contribution in [0.4, 0.5) is 0 Å². The van der Waals surface area contributed by atoms with Crippen LogP contribution >= 0.6 is 0 Å². The van der Waals surface area contributed by atoms with Gasteiger partial charge in [-0.15, -0.1) is 0 Å². The molecule has 1 amide bonds. The molecule has 2 heterocycles. The predicted molar refractivity (Wildman–Crippen MR) is 162 cm³/mol. The molecule has 41 heavy (non-hydrogen) atoms. The van der Waals surface area contributed by atoms with Crippen LogP contribution in [0.25, 0.3) is 0 Å². The van der Waals surface area contributed by atoms with Gasteiger partial charge in [0.25, 0.3) is 5.91 Å². The number of carbonyl (C=O) groups is 1. The van der Waals surface area contributed by atoms with Crippen LogP contribution in [0.2, 0.25) is 0 Å². The zero-order chi connectivity index (χ0) is 27.9. The maximum absolute atomic E-state index is 13.2. The lowest BCUT2D eigenvalue weighted by atomic mass is 9.71. The van der Waals surface area contributed by atoms with Crippen molar-refractivity contribution in [3.63, 3.8) is 0 Å². The van der Waals surface area contributed by atoms with E-state index in [0.717, 1.165) is 68.4 Å². The number of nitrogens with zero attached hydrogens (tertiary/aromatic N) is 2. The fourth-order valence-corrected chi connectivity index (χ4v) is 6.09. The zero-order valence-corrected chi connectivity index (χ0v) is 23.6. The van der Waals surface area contributed by atoms with E-state index in [9.17, 15) is 4.79 Å². The standard InChI is InChI=1S/C36H38N2O3/c39-35(30-15-17-33(18-16-30)41-32-12-5-2-6-13-32)38-25-21-36(22-26-38)19-23-37(24-20-36)27-31-11-7-8-14-34(31)40-28-29-9-3-1-4-10-29/h1-18H,19-28H2. The summed E-state index contributed by atoms with van der Waals surface area (Å²) in [4.78, 5) is 17.8. The molecular weight excluding hydrogens is 508 g/mol. The second-order valence-corrected chi connectivity index (χ2v) is 11.4. The Bertz CT molecular complexity index is 1400. The Labute approximate surface area is 243 Å². The van der Waals surface area contributed by atoms with Crippen molar-refractivity contribution in [1.29, 1.82) is 0 Å². The largest absolute Gasteiger partial charge is 0.489 e. The van der Waals surface area contributed by atoms with Crippen LogP contribution in [0.15, 0.2) is 109 Å². The maximum atomic E-state index is 13.2. The van der Waals surface area contributed by atoms with E-state index < -0.39 is 0 Å². The second kappa shape index (κ2) is 12.6. The molecule has 0 aliphatic carbocycles. The van der Waals surface area contributed by atoms with Crippen molar-refractivity contribution < 1.29 is 14.3 Å². The Morgan fingerprint density at radius 1 is 0.659 bits per heavy atom. The summed E-state index contributed by atoms with van der Waals surface area (Å²) >= 11 is 0. The van der Waals surface area contributed by atoms with Crippen LogP contribution in [0.1, 0.15) is 47.2 Å². The molecule has 2 aliphatic rings. The first kappa shape index (κ1) is 27.1. The van der Waals surface area contributed by atoms with E-state index in [1.807, 2.05) is 77.7 Å². The minimum Gasteiger partial charge on any atom is -0.489 e. The number of para-hydroxylation sites is 2. The molecule has 210 valence electrons. The number of likely N-dealkylation sites (tertiary alicyclic amines) is 2. The molecule has 0 saturated carbocycles. The van der Waals surface area contributed by atoms with E-state index in [2.05, 4.69) is 41.3 Å². The Hall–Kier alpha value is -4.09. The van der Waals surface area contributed by atoms with Gasteiger partial charge in [0.15, 0.2) is 0 Å². The van der Waals surface area contributed by atoms with Gasteiger partial charge in [-0.25, -0.2) is 0 Å². The molecule has 0 N–H and O–H groups in total. The number of amides is 1. The molecule has 0 atom stereocenters. The normalized spacial score (nSPS) is 16.8. The molecule has 0 radical (unpaired) electrons. The van der Waals surface area contributed by atoms with Gasteiger partial charge in [0.2, 0.25) is 0 Å². The third-order valence-corrected chi connectivity index (χ3v) is 8.71. The average Bonchev–Trinajstić information content (AvgIpc) is 3.03. The van der Waals surface area contributed by atoms with E-state index >= 15 is 0 Å². The molecule has 0 bridgehead atoms. The minimum atomic E-state index is 0.121. The summed E-state index contributed by atoms with van der Waals surface area (Å²) in [5.74, 6) is 2.63. The first-order valence-corrected chi connectivity index (χ1v) is 14.8. The van der Waals surface area contributed by atoms with Gasteiger partial charge in [-0.1, -0.05) is 66.7 Å². The summed E-state index contributed by atoms with van der Waals surface area (Å²) in [7, 11) is 0. The fourth-order valence-electron chi connectivity index (χ4n) is 6.09. The van der Waals surface area contributed by atoms with E-state index in [-0.39, 0.29) is 5.91 Å². The molecule has 4 aromatic rings. The summed E-state index contributed by atoms with van der Waals surface area (Å²) in [5, 5.41) is 0. The maximum Gasteiger partial charge on any atom is 0.253 e. The molecule has 2 saturated heterocycles. The van der Waals surface area contributed by atoms with Crippen molar-refractivity contribution in [2.45, 2.75) is 38.8 Å². The SMILES string of the molecule is O=C(c1ccc(Oc2ccccc2)cc1)N1CCC2(CCN(Cc3ccccc3OCc3ccccc3)CC2)CC1. The Balaban J connectivity index is 0.981. The van der Waals surface area contributed by atoms with Crippen molar-refractivity contribution in [3.05, 3.63) is 126 Å². The Morgan fingerprint density at radius 3 is 1.95 bits per heavy atom. The van der Waals surface area contributed by atoms with Gasteiger partial charge in [0, 0.05) is 30.8 Å². The number of ether oxygens (including phenoxy) is 2. The summed E-state index contributed by atoms with van der Waals surface area (Å²) in [6, 6.07) is 36.0. The average molecular weight is 547 g/mol. The van der Waals surface area contributed by atoms with Crippen LogP contribution in [-0.4, -0.2) is 41.9 Å². The summed E-state index contributed by atoms with van der Waals surface area (Å²) in [5.41, 5.74) is 3.51. The lowest BCUT2D eigenvalue weighted by Crippen LogP contribution is -2.48. The second-order valence-electron chi connectivity index (χ2n) is 11.4. The molecule has 0 unspecified atom stereocenters. The highest BCUT2D eigenvalue weighted by molar-refractivity contribution is 5.94. The monoisotopic (exact) mass is 546 g/mol. The lowest BCUT2D eigenvalue weighted by Gasteiger charge is -2.47. The van der Waals surface area contributed by atoms with Crippen LogP contribution in [0.3, 0.4) is 0 Å². The molecule has 5 nitrogen and oxygen atoms in total. The number of carbonyl (C=O) groups excluding carboxylic acids is 1. The number of rotatable bonds is 8. The smallest absolute Gasteiger partial charge is 0.253 e. The van der Waals surface area contributed by atoms with Crippen LogP contribution < -0.4 is 9.47 Å². The number of piperidine rings is 2. The van der Waals surface area contributed by atoms with Gasteiger partial charge in [-0.2, -0.15) is 0 Å². The van der Waals surface area contributed by atoms with Gasteiger partial charge in [-0.3, -0.25) is 9.69 Å². The van der Waals surface area contributed by atoms with Crippen molar-refractivity contribution in [2.24, 2.45) is 5.41 Å². The summed E-state index contributed by atoms with van der Waals surface area (Å²) in [6.07, 6.45) is 4.54. The third kappa shape index (κ3) is 6.80. The number of benzene rings is 4. The van der Waals surface area contributed by atoms with Gasteiger partial charge < -0.3 is 14.4 Å². The third-order valence-electron chi connectivity index (χ3n) is 8.71. The van der Waals surface area contributed by atoms with Gasteiger partial charge in [0.1, 0.15) is 23.9 Å². The van der Waals surface area contributed by atoms with Gasteiger partial charge >= 0.3 is 0 Å². The van der Waals surface area contributed by atoms with Crippen LogP contribution in [0.5, 0.6) is 17.2 Å². The molecule has 6 rings (SSSR count). The highest BCUT2D eigenvalue weighted by Gasteiger charge is 2.38. The zero-order valence-electron chi connectivity index (χ0n) is 23.6. The van der Waals surface area contributed by atoms with Crippen molar-refractivity contribution in [1.82, 2.24) is 9.80 Å². The van der Waals surface area contributed by atoms with Crippen molar-refractivity contribution >= 4 is 5.91 Å². The quantitative estimate of drug-likeness (QED) is 0.229. The van der Waals surface area contributed by atoms with Gasteiger partial charge in [-0.05, 0) is 92.2 Å². The fraction of sp³-hybridized carbons (Fsp3) is 0.306. The predicted octanol–water partition coefficient (Wildman–Crippen LogP) is 7.58. The van der Waals surface area contributed by atoms with E-state index in [1.54, 1.807) is 0 Å². The number of hydrogen-bond acceptors (Lipinski definition) is 4. The van der Waals surface area contributed by atoms with Crippen molar-refractivity contribution in [3.8, 4) is 17.2 Å². The Kier molecular flexibility index (Phi) is 8.33. The molecule has 0 aromatic heterocycles. The molecule has 5 heteroatoms. The van der Waals surface area contributed by atoms with Gasteiger partial charge in [0.05, 0.1) is 0 Å². The van der Waals surface area contributed by atoms with E-state index in [0.29, 0.717) is 12.0 Å². The van der Waals surface area contributed by atoms with Crippen LogP contribution in [0, 0.1) is 5.41 Å². The lowest BCUT2D eigenvalue weighted by molar-refractivity contribution is 0.0283. The first-order chi connectivity index (χ1) is 20.2. The number of hydrogen-bond donors (Lipinski definition) is 0. The topological polar surface area (TPSA) is 42.0 Å². The molecule has 2 aliphatic heterocycles. The summed E-state index contributed by atoms with van der Waals surface area (Å²) in [6.45, 7) is 5.33. The minimum absolute atomic E-state index is 0.121. The molecule has 1 spiro atoms.